The normalized spacial score (nSPS) is 10.7. The van der Waals surface area contributed by atoms with E-state index in [1.165, 1.54) is 0 Å². The summed E-state index contributed by atoms with van der Waals surface area (Å²) in [5.74, 6) is 0.0824. The molecule has 0 spiro atoms. The average Bonchev–Trinajstić information content (AvgIpc) is 3.42. The number of ether oxygens (including phenoxy) is 8. The highest BCUT2D eigenvalue weighted by atomic mass is 16.6. The Morgan fingerprint density at radius 1 is 0.329 bits per heavy atom. The summed E-state index contributed by atoms with van der Waals surface area (Å²) in [6.45, 7) is 13.0. The predicted molar refractivity (Wildman–Crippen MR) is 291 cm³/mol. The number of hydrogen-bond donors (Lipinski definition) is 0. The fourth-order valence-electron chi connectivity index (χ4n) is 7.53. The van der Waals surface area contributed by atoms with Crippen molar-refractivity contribution in [3.05, 3.63) is 132 Å². The van der Waals surface area contributed by atoms with Crippen LogP contribution in [0.2, 0.25) is 0 Å². The molecule has 0 radical (unpaired) electrons. The highest BCUT2D eigenvalue weighted by Gasteiger charge is 2.13. The summed E-state index contributed by atoms with van der Waals surface area (Å²) in [6, 6.07) is 28.1. The number of esters is 6. The molecule has 0 bridgehead atoms. The van der Waals surface area contributed by atoms with Crippen molar-refractivity contribution >= 4 is 35.8 Å². The Labute approximate surface area is 449 Å². The number of carbonyl (C=O) groups is 6. The molecule has 0 aromatic heterocycles. The van der Waals surface area contributed by atoms with E-state index in [2.05, 4.69) is 13.2 Å². The number of carbonyl (C=O) groups excluding carboxylic acids is 6. The van der Waals surface area contributed by atoms with E-state index in [0.29, 0.717) is 123 Å². The lowest BCUT2D eigenvalue weighted by molar-refractivity contribution is -0.144. The van der Waals surface area contributed by atoms with Crippen molar-refractivity contribution in [2.45, 2.75) is 142 Å². The lowest BCUT2D eigenvalue weighted by Crippen LogP contribution is -2.08. The molecule has 0 aliphatic carbocycles. The summed E-state index contributed by atoms with van der Waals surface area (Å²) in [6.07, 6.45) is 17.0. The highest BCUT2D eigenvalue weighted by Crippen LogP contribution is 2.26. The number of benzene rings is 4. The summed E-state index contributed by atoms with van der Waals surface area (Å²) in [4.78, 5) is 72.3. The second-order valence-corrected chi connectivity index (χ2v) is 18.7. The van der Waals surface area contributed by atoms with Gasteiger partial charge < -0.3 is 37.9 Å². The molecule has 0 heterocycles. The first kappa shape index (κ1) is 61.3. The quantitative estimate of drug-likeness (QED) is 0.0136. The number of unbranched alkanes of at least 4 members (excludes halogenated alkanes) is 14. The maximum absolute atomic E-state index is 12.9. The van der Waals surface area contributed by atoms with Crippen LogP contribution in [0.3, 0.4) is 0 Å². The SMILES string of the molecule is C=C(C)C(=O)OCCCCCC(=O)OCCCCCCCCOc1ccc(C(=O)Oc2ccc(-c3ccc(OC(=O)c4ccc(OCCCCCCCCOC(=O)CCCCCOC(=O)C(=C)C)cc4)cc3)cc2)cc1. The van der Waals surface area contributed by atoms with Crippen LogP contribution in [-0.2, 0) is 38.1 Å². The molecule has 4 rings (SSSR count). The zero-order chi connectivity index (χ0) is 54.6. The minimum Gasteiger partial charge on any atom is -0.494 e. The van der Waals surface area contributed by atoms with Gasteiger partial charge in [0.2, 0.25) is 0 Å². The second-order valence-electron chi connectivity index (χ2n) is 18.7. The number of hydrogen-bond acceptors (Lipinski definition) is 14. The van der Waals surface area contributed by atoms with Crippen LogP contribution in [0, 0.1) is 0 Å². The standard InChI is InChI=1S/C62H78O14/c1-47(2)59(65)73-45-21-13-15-23-57(63)71-43-19-11-7-5-9-17-41-69-53-33-29-51(30-34-53)61(67)75-55-37-25-49(26-38-55)50-27-39-56(40-28-50)76-62(68)52-31-35-54(36-32-52)70-42-18-10-6-8-12-20-44-72-58(64)24-16-14-22-46-74-60(66)48(3)4/h25-40H,1,3,5-24,41-46H2,2,4H3. The molecule has 14 heteroatoms. The van der Waals surface area contributed by atoms with Crippen LogP contribution in [0.4, 0.5) is 0 Å². The smallest absolute Gasteiger partial charge is 0.343 e. The van der Waals surface area contributed by atoms with Crippen LogP contribution in [0.15, 0.2) is 121 Å². The van der Waals surface area contributed by atoms with Gasteiger partial charge in [-0.05, 0) is 162 Å². The molecule has 0 unspecified atom stereocenters. The van der Waals surface area contributed by atoms with Crippen LogP contribution < -0.4 is 18.9 Å². The molecule has 4 aromatic carbocycles. The van der Waals surface area contributed by atoms with E-state index in [1.807, 2.05) is 24.3 Å². The van der Waals surface area contributed by atoms with Gasteiger partial charge in [0.1, 0.15) is 23.0 Å². The lowest BCUT2D eigenvalue weighted by atomic mass is 10.1. The van der Waals surface area contributed by atoms with E-state index in [9.17, 15) is 28.8 Å². The van der Waals surface area contributed by atoms with E-state index in [4.69, 9.17) is 37.9 Å². The van der Waals surface area contributed by atoms with Gasteiger partial charge in [0.25, 0.3) is 0 Å². The van der Waals surface area contributed by atoms with Gasteiger partial charge in [0.05, 0.1) is 50.8 Å². The minimum atomic E-state index is -0.477. The van der Waals surface area contributed by atoms with Gasteiger partial charge in [-0.2, -0.15) is 0 Å². The van der Waals surface area contributed by atoms with Gasteiger partial charge in [0, 0.05) is 24.0 Å². The maximum atomic E-state index is 12.9. The zero-order valence-corrected chi connectivity index (χ0v) is 44.8. The molecule has 0 N–H and O–H groups in total. The van der Waals surface area contributed by atoms with Crippen molar-refractivity contribution in [3.63, 3.8) is 0 Å². The van der Waals surface area contributed by atoms with Crippen molar-refractivity contribution in [2.24, 2.45) is 0 Å². The zero-order valence-electron chi connectivity index (χ0n) is 44.8. The summed E-state index contributed by atoms with van der Waals surface area (Å²) in [5, 5.41) is 0. The van der Waals surface area contributed by atoms with Crippen molar-refractivity contribution in [1.82, 2.24) is 0 Å². The van der Waals surface area contributed by atoms with E-state index in [-0.39, 0.29) is 23.9 Å². The largest absolute Gasteiger partial charge is 0.494 e. The van der Waals surface area contributed by atoms with E-state index >= 15 is 0 Å². The van der Waals surface area contributed by atoms with Crippen LogP contribution >= 0.6 is 0 Å². The molecule has 14 nitrogen and oxygen atoms in total. The first-order valence-electron chi connectivity index (χ1n) is 26.9. The molecule has 4 aromatic rings. The fourth-order valence-corrected chi connectivity index (χ4v) is 7.53. The Morgan fingerprint density at radius 2 is 0.605 bits per heavy atom. The summed E-state index contributed by atoms with van der Waals surface area (Å²) < 4.78 is 43.8. The highest BCUT2D eigenvalue weighted by molar-refractivity contribution is 5.92. The summed E-state index contributed by atoms with van der Waals surface area (Å²) in [5.41, 5.74) is 3.37. The average molecular weight is 1050 g/mol. The third-order valence-corrected chi connectivity index (χ3v) is 12.0. The third kappa shape index (κ3) is 26.3. The molecule has 0 saturated carbocycles. The van der Waals surface area contributed by atoms with Crippen molar-refractivity contribution in [3.8, 4) is 34.1 Å². The van der Waals surface area contributed by atoms with Gasteiger partial charge in [-0.3, -0.25) is 9.59 Å². The molecular weight excluding hydrogens is 969 g/mol. The maximum Gasteiger partial charge on any atom is 0.343 e. The fraction of sp³-hybridized carbons (Fsp3) is 0.452. The monoisotopic (exact) mass is 1050 g/mol. The van der Waals surface area contributed by atoms with Gasteiger partial charge in [-0.15, -0.1) is 0 Å². The van der Waals surface area contributed by atoms with E-state index in [0.717, 1.165) is 101 Å². The first-order valence-corrected chi connectivity index (χ1v) is 26.9. The molecule has 76 heavy (non-hydrogen) atoms. The molecule has 410 valence electrons. The van der Waals surface area contributed by atoms with Crippen molar-refractivity contribution in [2.75, 3.05) is 39.6 Å². The molecule has 0 saturated heterocycles. The van der Waals surface area contributed by atoms with Gasteiger partial charge >= 0.3 is 35.8 Å². The molecule has 0 amide bonds. The summed E-state index contributed by atoms with van der Waals surface area (Å²) >= 11 is 0. The Balaban J connectivity index is 0.992. The Bertz CT molecular complexity index is 2220. The third-order valence-electron chi connectivity index (χ3n) is 12.0. The predicted octanol–water partition coefficient (Wildman–Crippen LogP) is 13.7. The van der Waals surface area contributed by atoms with E-state index < -0.39 is 11.9 Å². The lowest BCUT2D eigenvalue weighted by Gasteiger charge is -2.09. The second kappa shape index (κ2) is 36.7. The minimum absolute atomic E-state index is 0.185. The Morgan fingerprint density at radius 3 is 0.934 bits per heavy atom. The van der Waals surface area contributed by atoms with Crippen LogP contribution in [-0.4, -0.2) is 75.5 Å². The Hall–Kier alpha value is -7.22. The van der Waals surface area contributed by atoms with Crippen LogP contribution in [0.5, 0.6) is 23.0 Å². The molecule has 0 fully saturated rings. The molecule has 0 aliphatic heterocycles. The Kier molecular flexibility index (Phi) is 29.6. The van der Waals surface area contributed by atoms with E-state index in [1.54, 1.807) is 86.6 Å². The summed E-state index contributed by atoms with van der Waals surface area (Å²) in [7, 11) is 0. The van der Waals surface area contributed by atoms with Crippen LogP contribution in [0.1, 0.15) is 163 Å². The first-order chi connectivity index (χ1) is 36.9. The van der Waals surface area contributed by atoms with Gasteiger partial charge in [-0.1, -0.05) is 88.8 Å². The van der Waals surface area contributed by atoms with Gasteiger partial charge in [-0.25, -0.2) is 19.2 Å². The van der Waals surface area contributed by atoms with Gasteiger partial charge in [0.15, 0.2) is 0 Å². The van der Waals surface area contributed by atoms with Crippen molar-refractivity contribution < 1.29 is 66.7 Å². The van der Waals surface area contributed by atoms with Crippen molar-refractivity contribution in [1.29, 1.82) is 0 Å². The van der Waals surface area contributed by atoms with Crippen LogP contribution in [0.25, 0.3) is 11.1 Å². The topological polar surface area (TPSA) is 176 Å². The molecule has 0 aliphatic rings. The molecule has 0 atom stereocenters. The molecular formula is C62H78O14. The number of rotatable bonds is 39.